The molecule has 0 bridgehead atoms. The minimum Gasteiger partial charge on any atom is -0.368 e. The predicted molar refractivity (Wildman–Crippen MR) is 134 cm³/mol. The second-order valence-corrected chi connectivity index (χ2v) is 10.9. The topological polar surface area (TPSA) is 30.5 Å². The number of benzene rings is 1. The molecule has 0 unspecified atom stereocenters. The van der Waals surface area contributed by atoms with Gasteiger partial charge in [-0.1, -0.05) is 29.3 Å². The maximum atomic E-state index is 6.40. The van der Waals surface area contributed by atoms with E-state index in [0.717, 1.165) is 42.9 Å². The van der Waals surface area contributed by atoms with Crippen molar-refractivity contribution >= 4 is 46.2 Å². The third kappa shape index (κ3) is 7.15. The predicted octanol–water partition coefficient (Wildman–Crippen LogP) is 5.33. The van der Waals surface area contributed by atoms with Crippen LogP contribution in [0.4, 0.5) is 5.69 Å². The van der Waals surface area contributed by atoms with Crippen LogP contribution >= 0.6 is 35.4 Å². The highest BCUT2D eigenvalue weighted by Gasteiger charge is 2.24. The van der Waals surface area contributed by atoms with Crippen molar-refractivity contribution in [2.75, 3.05) is 37.6 Å². The van der Waals surface area contributed by atoms with Crippen LogP contribution in [-0.4, -0.2) is 54.3 Å². The van der Waals surface area contributed by atoms with Gasteiger partial charge in [-0.05, 0) is 89.7 Å². The highest BCUT2D eigenvalue weighted by atomic mass is 35.5. The van der Waals surface area contributed by atoms with Crippen LogP contribution in [0.15, 0.2) is 18.2 Å². The molecule has 0 spiro atoms. The summed E-state index contributed by atoms with van der Waals surface area (Å²) in [5.41, 5.74) is 1.08. The number of hydrogen-bond donors (Lipinski definition) is 2. The largest absolute Gasteiger partial charge is 0.368 e. The summed E-state index contributed by atoms with van der Waals surface area (Å²) in [5.74, 6) is 0.840. The summed E-state index contributed by atoms with van der Waals surface area (Å²) in [6.45, 7) is 11.8. The molecule has 0 amide bonds. The van der Waals surface area contributed by atoms with Gasteiger partial charge in [0.05, 0.1) is 15.7 Å². The Morgan fingerprint density at radius 3 is 2.37 bits per heavy atom. The van der Waals surface area contributed by atoms with Crippen molar-refractivity contribution < 1.29 is 0 Å². The molecule has 0 radical (unpaired) electrons. The first kappa shape index (κ1) is 23.9. The summed E-state index contributed by atoms with van der Waals surface area (Å²) in [6, 6.07) is 6.42. The Morgan fingerprint density at radius 2 is 1.73 bits per heavy atom. The van der Waals surface area contributed by atoms with Crippen molar-refractivity contribution in [1.29, 1.82) is 0 Å². The molecular formula is C23H36Cl2N4S. The highest BCUT2D eigenvalue weighted by molar-refractivity contribution is 7.80. The first-order valence-electron chi connectivity index (χ1n) is 11.2. The summed E-state index contributed by atoms with van der Waals surface area (Å²) in [7, 11) is 0. The summed E-state index contributed by atoms with van der Waals surface area (Å²) < 4.78 is 0. The van der Waals surface area contributed by atoms with Gasteiger partial charge >= 0.3 is 0 Å². The van der Waals surface area contributed by atoms with Crippen molar-refractivity contribution in [3.05, 3.63) is 28.2 Å². The van der Waals surface area contributed by atoms with E-state index in [9.17, 15) is 0 Å². The second kappa shape index (κ2) is 10.7. The lowest BCUT2D eigenvalue weighted by molar-refractivity contribution is 0.214. The van der Waals surface area contributed by atoms with Gasteiger partial charge in [-0.15, -0.1) is 0 Å². The Hall–Kier alpha value is -0.750. The molecule has 7 heteroatoms. The SMILES string of the molecule is CC(C)(C)NC(=S)NC1CCC(CCN2CCN(c3cccc(Cl)c3Cl)CC2)CC1. The van der Waals surface area contributed by atoms with Gasteiger partial charge in [-0.3, -0.25) is 4.90 Å². The van der Waals surface area contributed by atoms with Crippen molar-refractivity contribution in [3.63, 3.8) is 0 Å². The minimum atomic E-state index is 0.0173. The van der Waals surface area contributed by atoms with Crippen LogP contribution in [0.3, 0.4) is 0 Å². The van der Waals surface area contributed by atoms with Crippen LogP contribution in [0.1, 0.15) is 52.9 Å². The molecule has 168 valence electrons. The Kier molecular flexibility index (Phi) is 8.54. The number of rotatable bonds is 5. The maximum absolute atomic E-state index is 6.40. The number of nitrogens with one attached hydrogen (secondary N) is 2. The van der Waals surface area contributed by atoms with E-state index in [4.69, 9.17) is 35.4 Å². The third-order valence-electron chi connectivity index (χ3n) is 6.17. The van der Waals surface area contributed by atoms with Crippen LogP contribution in [-0.2, 0) is 0 Å². The minimum absolute atomic E-state index is 0.0173. The van der Waals surface area contributed by atoms with Crippen LogP contribution in [0.2, 0.25) is 10.0 Å². The summed E-state index contributed by atoms with van der Waals surface area (Å²) >= 11 is 18.0. The summed E-state index contributed by atoms with van der Waals surface area (Å²) in [5, 5.41) is 8.98. The number of anilines is 1. The zero-order chi connectivity index (χ0) is 21.7. The first-order valence-corrected chi connectivity index (χ1v) is 12.4. The lowest BCUT2D eigenvalue weighted by Gasteiger charge is -2.37. The summed E-state index contributed by atoms with van der Waals surface area (Å²) in [6.07, 6.45) is 6.34. The molecule has 2 N–H and O–H groups in total. The Bertz CT molecular complexity index is 706. The zero-order valence-corrected chi connectivity index (χ0v) is 20.8. The van der Waals surface area contributed by atoms with E-state index in [2.05, 4.69) is 47.3 Å². The van der Waals surface area contributed by atoms with Crippen molar-refractivity contribution in [2.24, 2.45) is 5.92 Å². The Balaban J connectivity index is 1.34. The van der Waals surface area contributed by atoms with E-state index >= 15 is 0 Å². The van der Waals surface area contributed by atoms with Gasteiger partial charge in [-0.25, -0.2) is 0 Å². The van der Waals surface area contributed by atoms with E-state index < -0.39 is 0 Å². The van der Waals surface area contributed by atoms with Gasteiger partial charge in [0, 0.05) is 37.8 Å². The zero-order valence-electron chi connectivity index (χ0n) is 18.5. The molecule has 4 nitrogen and oxygen atoms in total. The van der Waals surface area contributed by atoms with Crippen molar-refractivity contribution in [1.82, 2.24) is 15.5 Å². The van der Waals surface area contributed by atoms with Crippen LogP contribution < -0.4 is 15.5 Å². The summed E-state index contributed by atoms with van der Waals surface area (Å²) in [4.78, 5) is 4.96. The van der Waals surface area contributed by atoms with Gasteiger partial charge in [-0.2, -0.15) is 0 Å². The smallest absolute Gasteiger partial charge is 0.166 e. The first-order chi connectivity index (χ1) is 14.2. The molecule has 2 aliphatic rings. The lowest BCUT2D eigenvalue weighted by atomic mass is 9.84. The fraction of sp³-hybridized carbons (Fsp3) is 0.696. The molecule has 1 aliphatic carbocycles. The number of hydrogen-bond acceptors (Lipinski definition) is 3. The normalized spacial score (nSPS) is 23.3. The Labute approximate surface area is 197 Å². The monoisotopic (exact) mass is 470 g/mol. The molecule has 2 fully saturated rings. The lowest BCUT2D eigenvalue weighted by Crippen LogP contribution is -2.50. The van der Waals surface area contributed by atoms with Crippen molar-refractivity contribution in [2.45, 2.75) is 64.5 Å². The fourth-order valence-electron chi connectivity index (χ4n) is 4.47. The van der Waals surface area contributed by atoms with Crippen LogP contribution in [0.5, 0.6) is 0 Å². The van der Waals surface area contributed by atoms with E-state index in [-0.39, 0.29) is 5.54 Å². The van der Waals surface area contributed by atoms with Crippen LogP contribution in [0, 0.1) is 5.92 Å². The molecule has 0 aromatic heterocycles. The molecule has 3 rings (SSSR count). The molecule has 1 aromatic carbocycles. The number of halogens is 2. The highest BCUT2D eigenvalue weighted by Crippen LogP contribution is 2.33. The molecule has 30 heavy (non-hydrogen) atoms. The number of piperazine rings is 1. The standard InChI is InChI=1S/C23H36Cl2N4S/c1-23(2,3)27-22(30)26-18-9-7-17(8-10-18)11-12-28-13-15-29(16-14-28)20-6-4-5-19(24)21(20)25/h4-6,17-18H,7-16H2,1-3H3,(H2,26,27,30). The molecule has 1 saturated heterocycles. The van der Waals surface area contributed by atoms with Gasteiger partial charge in [0.25, 0.3) is 0 Å². The van der Waals surface area contributed by atoms with Gasteiger partial charge in [0.1, 0.15) is 0 Å². The average molecular weight is 472 g/mol. The number of thiocarbonyl (C=S) groups is 1. The number of nitrogens with zero attached hydrogens (tertiary/aromatic N) is 2. The molecule has 0 atom stereocenters. The molecule has 1 heterocycles. The van der Waals surface area contributed by atoms with Gasteiger partial charge in [0.2, 0.25) is 0 Å². The van der Waals surface area contributed by atoms with Crippen molar-refractivity contribution in [3.8, 4) is 0 Å². The quantitative estimate of drug-likeness (QED) is 0.567. The molecule has 1 saturated carbocycles. The van der Waals surface area contributed by atoms with Gasteiger partial charge < -0.3 is 15.5 Å². The second-order valence-electron chi connectivity index (χ2n) is 9.76. The molecule has 1 aliphatic heterocycles. The Morgan fingerprint density at radius 1 is 1.07 bits per heavy atom. The van der Waals surface area contributed by atoms with Gasteiger partial charge in [0.15, 0.2) is 5.11 Å². The average Bonchev–Trinajstić information content (AvgIpc) is 2.69. The van der Waals surface area contributed by atoms with E-state index in [1.54, 1.807) is 0 Å². The maximum Gasteiger partial charge on any atom is 0.166 e. The van der Waals surface area contributed by atoms with E-state index in [1.165, 1.54) is 38.6 Å². The van der Waals surface area contributed by atoms with E-state index in [0.29, 0.717) is 16.1 Å². The molecular weight excluding hydrogens is 435 g/mol. The molecule has 1 aromatic rings. The van der Waals surface area contributed by atoms with Crippen LogP contribution in [0.25, 0.3) is 0 Å². The third-order valence-corrected chi connectivity index (χ3v) is 7.20. The fourth-order valence-corrected chi connectivity index (χ4v) is 5.36. The van der Waals surface area contributed by atoms with E-state index in [1.807, 2.05) is 12.1 Å².